The van der Waals surface area contributed by atoms with Gasteiger partial charge in [0.2, 0.25) is 0 Å². The number of hydrogen-bond acceptors (Lipinski definition) is 1. The highest BCUT2D eigenvalue weighted by atomic mass is 16.5. The summed E-state index contributed by atoms with van der Waals surface area (Å²) in [6, 6.07) is 0. The van der Waals surface area contributed by atoms with Gasteiger partial charge in [-0.05, 0) is 18.9 Å². The molecule has 0 fully saturated rings. The quantitative estimate of drug-likeness (QED) is 0.312. The fourth-order valence-corrected chi connectivity index (χ4v) is 0.893. The van der Waals surface area contributed by atoms with Gasteiger partial charge in [0.1, 0.15) is 0 Å². The molecule has 0 radical (unpaired) electrons. The molecule has 0 aromatic carbocycles. The Labute approximate surface area is 82.5 Å². The molecule has 0 amide bonds. The molecular formula is C12H22O. The summed E-state index contributed by atoms with van der Waals surface area (Å²) in [5.74, 6) is 0. The Kier molecular flexibility index (Phi) is 10.7. The van der Waals surface area contributed by atoms with Crippen molar-refractivity contribution in [2.45, 2.75) is 46.0 Å². The van der Waals surface area contributed by atoms with E-state index in [1.807, 2.05) is 6.08 Å². The zero-order valence-corrected chi connectivity index (χ0v) is 8.96. The van der Waals surface area contributed by atoms with Crippen LogP contribution in [0.3, 0.4) is 0 Å². The van der Waals surface area contributed by atoms with E-state index in [4.69, 9.17) is 4.74 Å². The molecule has 0 saturated heterocycles. The summed E-state index contributed by atoms with van der Waals surface area (Å²) in [6.07, 6.45) is 14.0. The first-order valence-electron chi connectivity index (χ1n) is 5.35. The lowest BCUT2D eigenvalue weighted by Gasteiger charge is -1.95. The van der Waals surface area contributed by atoms with Crippen LogP contribution in [-0.4, -0.2) is 6.61 Å². The molecule has 1 heteroatoms. The van der Waals surface area contributed by atoms with E-state index in [0.717, 1.165) is 13.0 Å². The summed E-state index contributed by atoms with van der Waals surface area (Å²) >= 11 is 0. The zero-order chi connectivity index (χ0) is 9.78. The molecule has 0 atom stereocenters. The molecule has 13 heavy (non-hydrogen) atoms. The van der Waals surface area contributed by atoms with E-state index in [-0.39, 0.29) is 0 Å². The van der Waals surface area contributed by atoms with Crippen LogP contribution >= 0.6 is 0 Å². The van der Waals surface area contributed by atoms with Crippen molar-refractivity contribution in [3.8, 4) is 0 Å². The van der Waals surface area contributed by atoms with Crippen LogP contribution in [0.15, 0.2) is 24.5 Å². The van der Waals surface area contributed by atoms with Gasteiger partial charge in [-0.25, -0.2) is 0 Å². The van der Waals surface area contributed by atoms with Crippen LogP contribution in [-0.2, 0) is 4.74 Å². The molecule has 0 N–H and O–H groups in total. The third kappa shape index (κ3) is 11.3. The van der Waals surface area contributed by atoms with Crippen LogP contribution in [0, 0.1) is 0 Å². The molecule has 0 aliphatic rings. The maximum atomic E-state index is 5.25. The van der Waals surface area contributed by atoms with Crippen LogP contribution in [0.5, 0.6) is 0 Å². The van der Waals surface area contributed by atoms with Crippen LogP contribution < -0.4 is 0 Å². The van der Waals surface area contributed by atoms with Gasteiger partial charge in [-0.2, -0.15) is 0 Å². The van der Waals surface area contributed by atoms with Crippen LogP contribution in [0.25, 0.3) is 0 Å². The smallest absolute Gasteiger partial charge is 0.0873 e. The maximum Gasteiger partial charge on any atom is 0.0873 e. The molecule has 76 valence electrons. The lowest BCUT2D eigenvalue weighted by Crippen LogP contribution is -1.84. The fraction of sp³-hybridized carbons (Fsp3) is 0.667. The van der Waals surface area contributed by atoms with Gasteiger partial charge in [-0.3, -0.25) is 0 Å². The van der Waals surface area contributed by atoms with Crippen molar-refractivity contribution in [2.75, 3.05) is 6.61 Å². The fourth-order valence-electron chi connectivity index (χ4n) is 0.893. The average Bonchev–Trinajstić information content (AvgIpc) is 2.16. The van der Waals surface area contributed by atoms with Gasteiger partial charge in [-0.1, -0.05) is 45.3 Å². The minimum atomic E-state index is 0.843. The van der Waals surface area contributed by atoms with Gasteiger partial charge in [0.25, 0.3) is 0 Å². The van der Waals surface area contributed by atoms with Crippen molar-refractivity contribution < 1.29 is 4.74 Å². The van der Waals surface area contributed by atoms with Crippen LogP contribution in [0.2, 0.25) is 0 Å². The first kappa shape index (κ1) is 12.3. The van der Waals surface area contributed by atoms with Crippen LogP contribution in [0.1, 0.15) is 46.0 Å². The monoisotopic (exact) mass is 182 g/mol. The zero-order valence-electron chi connectivity index (χ0n) is 8.96. The lowest BCUT2D eigenvalue weighted by molar-refractivity contribution is 0.244. The first-order chi connectivity index (χ1) is 6.41. The molecule has 0 aromatic heterocycles. The minimum absolute atomic E-state index is 0.843. The normalized spacial score (nSPS) is 11.5. The van der Waals surface area contributed by atoms with Gasteiger partial charge in [0.05, 0.1) is 12.9 Å². The Morgan fingerprint density at radius 3 is 2.46 bits per heavy atom. The summed E-state index contributed by atoms with van der Waals surface area (Å²) in [4.78, 5) is 0. The van der Waals surface area contributed by atoms with E-state index >= 15 is 0 Å². The summed E-state index contributed by atoms with van der Waals surface area (Å²) in [6.45, 7) is 5.21. The van der Waals surface area contributed by atoms with Gasteiger partial charge < -0.3 is 4.74 Å². The number of allylic oxidation sites excluding steroid dienone is 3. The van der Waals surface area contributed by atoms with E-state index in [0.29, 0.717) is 0 Å². The topological polar surface area (TPSA) is 9.23 Å². The summed E-state index contributed by atoms with van der Waals surface area (Å²) in [5, 5.41) is 0. The third-order valence-corrected chi connectivity index (χ3v) is 1.76. The Hall–Kier alpha value is -0.720. The van der Waals surface area contributed by atoms with E-state index in [2.05, 4.69) is 26.0 Å². The van der Waals surface area contributed by atoms with Crippen molar-refractivity contribution in [1.29, 1.82) is 0 Å². The van der Waals surface area contributed by atoms with E-state index < -0.39 is 0 Å². The molecule has 0 spiro atoms. The average molecular weight is 182 g/mol. The second-order valence-corrected chi connectivity index (χ2v) is 3.12. The van der Waals surface area contributed by atoms with Crippen molar-refractivity contribution in [3.63, 3.8) is 0 Å². The number of rotatable bonds is 8. The molecule has 0 bridgehead atoms. The predicted molar refractivity (Wildman–Crippen MR) is 58.7 cm³/mol. The van der Waals surface area contributed by atoms with Gasteiger partial charge >= 0.3 is 0 Å². The molecule has 0 rings (SSSR count). The minimum Gasteiger partial charge on any atom is -0.501 e. The molecule has 0 saturated carbocycles. The highest BCUT2D eigenvalue weighted by Crippen LogP contribution is 1.95. The first-order valence-corrected chi connectivity index (χ1v) is 5.35. The second-order valence-electron chi connectivity index (χ2n) is 3.12. The molecule has 0 unspecified atom stereocenters. The van der Waals surface area contributed by atoms with E-state index in [9.17, 15) is 0 Å². The van der Waals surface area contributed by atoms with Crippen molar-refractivity contribution in [1.82, 2.24) is 0 Å². The maximum absolute atomic E-state index is 5.25. The summed E-state index contributed by atoms with van der Waals surface area (Å²) < 4.78 is 5.25. The number of ether oxygens (including phenoxy) is 1. The Morgan fingerprint density at radius 2 is 1.77 bits per heavy atom. The van der Waals surface area contributed by atoms with Gasteiger partial charge in [-0.15, -0.1) is 0 Å². The van der Waals surface area contributed by atoms with E-state index in [1.165, 1.54) is 25.7 Å². The predicted octanol–water partition coefficient (Wildman–Crippen LogP) is 4.06. The molecule has 0 heterocycles. The van der Waals surface area contributed by atoms with Crippen molar-refractivity contribution in [2.24, 2.45) is 0 Å². The number of unbranched alkanes of at least 4 members (excludes halogenated alkanes) is 3. The lowest BCUT2D eigenvalue weighted by atomic mass is 10.2. The van der Waals surface area contributed by atoms with Crippen LogP contribution in [0.4, 0.5) is 0 Å². The Balaban J connectivity index is 3.15. The SMILES string of the molecule is CCCCC=CC=COCCCC. The summed E-state index contributed by atoms with van der Waals surface area (Å²) in [7, 11) is 0. The molecular weight excluding hydrogens is 160 g/mol. The van der Waals surface area contributed by atoms with Gasteiger partial charge in [0, 0.05) is 0 Å². The Morgan fingerprint density at radius 1 is 1.00 bits per heavy atom. The summed E-state index contributed by atoms with van der Waals surface area (Å²) in [5.41, 5.74) is 0. The second kappa shape index (κ2) is 11.3. The third-order valence-electron chi connectivity index (χ3n) is 1.76. The molecule has 0 aliphatic carbocycles. The molecule has 0 aromatic rings. The highest BCUT2D eigenvalue weighted by Gasteiger charge is 1.79. The van der Waals surface area contributed by atoms with Crippen molar-refractivity contribution >= 4 is 0 Å². The Bertz CT molecular complexity index is 136. The van der Waals surface area contributed by atoms with E-state index in [1.54, 1.807) is 6.26 Å². The largest absolute Gasteiger partial charge is 0.501 e. The van der Waals surface area contributed by atoms with Crippen molar-refractivity contribution in [3.05, 3.63) is 24.5 Å². The molecule has 0 aliphatic heterocycles. The van der Waals surface area contributed by atoms with Gasteiger partial charge in [0.15, 0.2) is 0 Å². The number of hydrogen-bond donors (Lipinski definition) is 0. The molecule has 1 nitrogen and oxygen atoms in total. The highest BCUT2D eigenvalue weighted by molar-refractivity contribution is 4.99. The standard InChI is InChI=1S/C12H22O/c1-3-5-7-8-9-10-12-13-11-6-4-2/h8-10,12H,3-7,11H2,1-2H3.